The number of alkyl halides is 3. The van der Waals surface area contributed by atoms with Crippen LogP contribution in [0.4, 0.5) is 13.2 Å². The van der Waals surface area contributed by atoms with Gasteiger partial charge in [-0.15, -0.1) is 12.4 Å². The highest BCUT2D eigenvalue weighted by Gasteiger charge is 2.31. The number of rotatable bonds is 7. The minimum Gasteiger partial charge on any atom is -0.382 e. The van der Waals surface area contributed by atoms with Crippen molar-refractivity contribution in [3.05, 3.63) is 35.4 Å². The molecule has 0 radical (unpaired) electrons. The summed E-state index contributed by atoms with van der Waals surface area (Å²) < 4.78 is 38.4. The molecular weight excluding hydrogens is 393 g/mol. The number of nitrogens with one attached hydrogen (secondary N) is 1. The van der Waals surface area contributed by atoms with Gasteiger partial charge in [-0.2, -0.15) is 13.2 Å². The van der Waals surface area contributed by atoms with Crippen LogP contribution >= 0.6 is 12.4 Å². The number of carbonyl (C=O) groups excluding carboxylic acids is 1. The van der Waals surface area contributed by atoms with Gasteiger partial charge in [0.05, 0.1) is 5.56 Å². The molecule has 4 N–H and O–H groups in total. The maximum atomic E-state index is 12.8. The quantitative estimate of drug-likeness (QED) is 0.625. The molecule has 8 heteroatoms. The molecule has 1 aliphatic carbocycles. The van der Waals surface area contributed by atoms with E-state index in [1.165, 1.54) is 12.5 Å². The van der Waals surface area contributed by atoms with Crippen molar-refractivity contribution in [1.29, 1.82) is 0 Å². The molecular formula is C20H30ClF3N2O2. The Bertz CT molecular complexity index is 622. The Labute approximate surface area is 170 Å². The Kier molecular flexibility index (Phi) is 9.74. The average Bonchev–Trinajstić information content (AvgIpc) is 2.61. The second-order valence-electron chi connectivity index (χ2n) is 7.66. The topological polar surface area (TPSA) is 75.3 Å². The second kappa shape index (κ2) is 11.0. The van der Waals surface area contributed by atoms with E-state index in [9.17, 15) is 23.1 Å². The lowest BCUT2D eigenvalue weighted by Gasteiger charge is -2.27. The van der Waals surface area contributed by atoms with Gasteiger partial charge in [0, 0.05) is 12.1 Å². The van der Waals surface area contributed by atoms with Crippen LogP contribution in [0, 0.1) is 5.92 Å². The van der Waals surface area contributed by atoms with Gasteiger partial charge in [-0.25, -0.2) is 0 Å². The third-order valence-electron chi connectivity index (χ3n) is 5.19. The Morgan fingerprint density at radius 2 is 1.93 bits per heavy atom. The summed E-state index contributed by atoms with van der Waals surface area (Å²) in [4.78, 5) is 12.2. The smallest absolute Gasteiger partial charge is 0.382 e. The normalized spacial score (nSPS) is 18.6. The van der Waals surface area contributed by atoms with Crippen molar-refractivity contribution in [3.63, 3.8) is 0 Å². The summed E-state index contributed by atoms with van der Waals surface area (Å²) in [6.45, 7) is 1.69. The van der Waals surface area contributed by atoms with E-state index in [1.54, 1.807) is 13.0 Å². The van der Waals surface area contributed by atoms with Gasteiger partial charge in [0.15, 0.2) is 0 Å². The SMILES string of the molecule is CC(Cc1cccc(C(F)(F)F)c1)NC(=O)C(O)[C@H](N)CC1CCCCC1.Cl. The average molecular weight is 423 g/mol. The van der Waals surface area contributed by atoms with E-state index in [1.807, 2.05) is 0 Å². The number of aliphatic hydroxyl groups excluding tert-OH is 1. The van der Waals surface area contributed by atoms with Crippen LogP contribution in [0.15, 0.2) is 24.3 Å². The first-order valence-electron chi connectivity index (χ1n) is 9.57. The lowest BCUT2D eigenvalue weighted by molar-refractivity contribution is -0.137. The molecule has 0 aromatic heterocycles. The summed E-state index contributed by atoms with van der Waals surface area (Å²) in [6.07, 6.45) is 0.836. The molecule has 2 unspecified atom stereocenters. The van der Waals surface area contributed by atoms with Gasteiger partial charge in [-0.1, -0.05) is 50.3 Å². The number of hydrogen-bond acceptors (Lipinski definition) is 3. The summed E-state index contributed by atoms with van der Waals surface area (Å²) in [6, 6.07) is 3.98. The summed E-state index contributed by atoms with van der Waals surface area (Å²) in [5.74, 6) is -0.128. The third kappa shape index (κ3) is 7.60. The second-order valence-corrected chi connectivity index (χ2v) is 7.66. The number of halogens is 4. The van der Waals surface area contributed by atoms with Crippen molar-refractivity contribution in [3.8, 4) is 0 Å². The molecule has 2 rings (SSSR count). The van der Waals surface area contributed by atoms with E-state index in [2.05, 4.69) is 5.32 Å². The fourth-order valence-corrected chi connectivity index (χ4v) is 3.74. The summed E-state index contributed by atoms with van der Waals surface area (Å²) in [5.41, 5.74) is 5.77. The fourth-order valence-electron chi connectivity index (χ4n) is 3.74. The van der Waals surface area contributed by atoms with Gasteiger partial charge in [-0.05, 0) is 37.3 Å². The number of carbonyl (C=O) groups is 1. The molecule has 4 nitrogen and oxygen atoms in total. The van der Waals surface area contributed by atoms with E-state index in [-0.39, 0.29) is 18.8 Å². The van der Waals surface area contributed by atoms with Crippen molar-refractivity contribution >= 4 is 18.3 Å². The maximum absolute atomic E-state index is 12.8. The number of amides is 1. The van der Waals surface area contributed by atoms with Crippen LogP contribution in [0.2, 0.25) is 0 Å². The molecule has 1 aliphatic rings. The Morgan fingerprint density at radius 1 is 1.29 bits per heavy atom. The van der Waals surface area contributed by atoms with Gasteiger partial charge in [0.2, 0.25) is 0 Å². The molecule has 160 valence electrons. The van der Waals surface area contributed by atoms with Crippen molar-refractivity contribution in [2.45, 2.75) is 76.2 Å². The molecule has 0 spiro atoms. The molecule has 1 aromatic rings. The van der Waals surface area contributed by atoms with E-state index in [0.717, 1.165) is 37.8 Å². The predicted molar refractivity (Wildman–Crippen MR) is 105 cm³/mol. The number of nitrogens with two attached hydrogens (primary N) is 1. The van der Waals surface area contributed by atoms with Crippen molar-refractivity contribution in [1.82, 2.24) is 5.32 Å². The summed E-state index contributed by atoms with van der Waals surface area (Å²) >= 11 is 0. The van der Waals surface area contributed by atoms with Crippen molar-refractivity contribution in [2.24, 2.45) is 11.7 Å². The Morgan fingerprint density at radius 3 is 2.54 bits per heavy atom. The highest BCUT2D eigenvalue weighted by atomic mass is 35.5. The number of aliphatic hydroxyl groups is 1. The van der Waals surface area contributed by atoms with E-state index in [0.29, 0.717) is 17.9 Å². The zero-order valence-electron chi connectivity index (χ0n) is 16.0. The maximum Gasteiger partial charge on any atom is 0.416 e. The van der Waals surface area contributed by atoms with E-state index in [4.69, 9.17) is 5.73 Å². The lowest BCUT2D eigenvalue weighted by Crippen LogP contribution is -2.49. The van der Waals surface area contributed by atoms with Crippen LogP contribution < -0.4 is 11.1 Å². The first-order chi connectivity index (χ1) is 12.7. The molecule has 1 aromatic carbocycles. The van der Waals surface area contributed by atoms with E-state index < -0.39 is 35.8 Å². The van der Waals surface area contributed by atoms with Crippen LogP contribution in [-0.4, -0.2) is 29.2 Å². The van der Waals surface area contributed by atoms with Crippen LogP contribution in [0.25, 0.3) is 0 Å². The first-order valence-corrected chi connectivity index (χ1v) is 9.57. The first kappa shape index (κ1) is 24.7. The van der Waals surface area contributed by atoms with Gasteiger partial charge in [0.1, 0.15) is 6.10 Å². The lowest BCUT2D eigenvalue weighted by atomic mass is 9.84. The van der Waals surface area contributed by atoms with Crippen LogP contribution in [0.1, 0.15) is 56.6 Å². The Hall–Kier alpha value is -1.31. The molecule has 28 heavy (non-hydrogen) atoms. The largest absolute Gasteiger partial charge is 0.416 e. The number of hydrogen-bond donors (Lipinski definition) is 3. The minimum atomic E-state index is -4.40. The molecule has 0 bridgehead atoms. The summed E-state index contributed by atoms with van der Waals surface area (Å²) in [5, 5.41) is 12.9. The molecule has 1 saturated carbocycles. The monoisotopic (exact) mass is 422 g/mol. The molecule has 0 heterocycles. The van der Waals surface area contributed by atoms with Gasteiger partial charge in [0.25, 0.3) is 5.91 Å². The zero-order chi connectivity index (χ0) is 20.0. The molecule has 0 aliphatic heterocycles. The van der Waals surface area contributed by atoms with Crippen LogP contribution in [0.3, 0.4) is 0 Å². The third-order valence-corrected chi connectivity index (χ3v) is 5.19. The fraction of sp³-hybridized carbons (Fsp3) is 0.650. The molecule has 1 amide bonds. The minimum absolute atomic E-state index is 0. The highest BCUT2D eigenvalue weighted by Crippen LogP contribution is 2.30. The molecule has 0 saturated heterocycles. The Balaban J connectivity index is 0.00000392. The standard InChI is InChI=1S/C20H29F3N2O2.ClH/c1-13(10-15-8-5-9-16(11-15)20(21,22)23)25-19(27)18(26)17(24)12-14-6-3-2-4-7-14;/h5,8-9,11,13-14,17-18,26H,2-4,6-7,10,12,24H2,1H3,(H,25,27);1H/t13?,17-,18?;/m1./s1. The number of benzene rings is 1. The van der Waals surface area contributed by atoms with Crippen molar-refractivity contribution in [2.75, 3.05) is 0 Å². The highest BCUT2D eigenvalue weighted by molar-refractivity contribution is 5.85. The van der Waals surface area contributed by atoms with Gasteiger partial charge < -0.3 is 16.2 Å². The molecule has 1 fully saturated rings. The van der Waals surface area contributed by atoms with Gasteiger partial charge in [-0.3, -0.25) is 4.79 Å². The molecule has 3 atom stereocenters. The summed E-state index contributed by atoms with van der Waals surface area (Å²) in [7, 11) is 0. The van der Waals surface area contributed by atoms with Crippen LogP contribution in [-0.2, 0) is 17.4 Å². The van der Waals surface area contributed by atoms with Crippen molar-refractivity contribution < 1.29 is 23.1 Å². The van der Waals surface area contributed by atoms with E-state index >= 15 is 0 Å². The zero-order valence-corrected chi connectivity index (χ0v) is 16.9. The van der Waals surface area contributed by atoms with Gasteiger partial charge >= 0.3 is 6.18 Å². The van der Waals surface area contributed by atoms with Crippen LogP contribution in [0.5, 0.6) is 0 Å². The predicted octanol–water partition coefficient (Wildman–Crippen LogP) is 3.83.